The zero-order valence-electron chi connectivity index (χ0n) is 10.2. The van der Waals surface area contributed by atoms with Crippen LogP contribution in [0.15, 0.2) is 12.1 Å². The minimum absolute atomic E-state index is 0.756. The summed E-state index contributed by atoms with van der Waals surface area (Å²) in [4.78, 5) is 13.5. The van der Waals surface area contributed by atoms with Gasteiger partial charge in [-0.15, -0.1) is 0 Å². The quantitative estimate of drug-likeness (QED) is 0.587. The Bertz CT molecular complexity index is 376. The van der Waals surface area contributed by atoms with Crippen molar-refractivity contribution in [1.29, 1.82) is 0 Å². The molecule has 0 spiro atoms. The van der Waals surface area contributed by atoms with E-state index in [9.17, 15) is 0 Å². The minimum Gasteiger partial charge on any atom is -0.414 e. The molecule has 0 aromatic carbocycles. The van der Waals surface area contributed by atoms with E-state index >= 15 is 0 Å². The molecular formula is C11H18N4O. The lowest BCUT2D eigenvalue weighted by atomic mass is 10.2. The summed E-state index contributed by atoms with van der Waals surface area (Å²) in [5.74, 6) is 1.62. The zero-order chi connectivity index (χ0) is 12.0. The van der Waals surface area contributed by atoms with Crippen molar-refractivity contribution in [3.8, 4) is 0 Å². The molecule has 0 saturated heterocycles. The normalized spacial score (nSPS) is 11.4. The van der Waals surface area contributed by atoms with Crippen LogP contribution in [0.3, 0.4) is 0 Å². The van der Waals surface area contributed by atoms with Gasteiger partial charge in [-0.1, -0.05) is 0 Å². The third-order valence-electron chi connectivity index (χ3n) is 2.07. The van der Waals surface area contributed by atoms with Crippen LogP contribution in [0, 0.1) is 6.92 Å². The molecule has 1 rings (SSSR count). The van der Waals surface area contributed by atoms with Crippen LogP contribution in [-0.4, -0.2) is 23.6 Å². The highest BCUT2D eigenvalue weighted by molar-refractivity contribution is 5.57. The Morgan fingerprint density at radius 3 is 2.88 bits per heavy atom. The fourth-order valence-corrected chi connectivity index (χ4v) is 1.34. The molecule has 1 heterocycles. The van der Waals surface area contributed by atoms with E-state index in [0.29, 0.717) is 0 Å². The third kappa shape index (κ3) is 3.20. The second kappa shape index (κ2) is 6.07. The first-order valence-electron chi connectivity index (χ1n) is 5.26. The topological polar surface area (TPSA) is 59.1 Å². The van der Waals surface area contributed by atoms with Gasteiger partial charge < -0.3 is 10.2 Å². The summed E-state index contributed by atoms with van der Waals surface area (Å²) in [5.41, 5.74) is 4.50. The van der Waals surface area contributed by atoms with Crippen LogP contribution in [-0.2, 0) is 4.84 Å². The van der Waals surface area contributed by atoms with Crippen molar-refractivity contribution >= 4 is 11.9 Å². The van der Waals surface area contributed by atoms with Crippen molar-refractivity contribution in [2.24, 2.45) is 0 Å². The molecule has 0 aliphatic carbocycles. The van der Waals surface area contributed by atoms with Gasteiger partial charge in [-0.2, -0.15) is 5.48 Å². The summed E-state index contributed by atoms with van der Waals surface area (Å²) in [5, 5.41) is 3.18. The van der Waals surface area contributed by atoms with Crippen molar-refractivity contribution < 1.29 is 4.84 Å². The number of nitrogens with one attached hydrogen (secondary N) is 2. The molecule has 2 N–H and O–H groups in total. The van der Waals surface area contributed by atoms with Crippen LogP contribution in [0.1, 0.15) is 25.1 Å². The Kier molecular flexibility index (Phi) is 4.72. The Morgan fingerprint density at radius 2 is 2.25 bits per heavy atom. The Morgan fingerprint density at radius 1 is 1.50 bits per heavy atom. The maximum atomic E-state index is 5.13. The highest BCUT2D eigenvalue weighted by Crippen LogP contribution is 2.16. The molecule has 1 aromatic heterocycles. The largest absolute Gasteiger partial charge is 0.414 e. The van der Waals surface area contributed by atoms with E-state index in [1.54, 1.807) is 13.4 Å². The van der Waals surface area contributed by atoms with Crippen molar-refractivity contribution in [2.75, 3.05) is 18.9 Å². The highest BCUT2D eigenvalue weighted by Gasteiger charge is 2.04. The molecule has 0 unspecified atom stereocenters. The van der Waals surface area contributed by atoms with Crippen molar-refractivity contribution in [3.63, 3.8) is 0 Å². The molecule has 0 aliphatic rings. The maximum Gasteiger partial charge on any atom is 0.132 e. The molecule has 16 heavy (non-hydrogen) atoms. The molecule has 0 fully saturated rings. The van der Waals surface area contributed by atoms with Gasteiger partial charge in [-0.3, -0.25) is 0 Å². The summed E-state index contributed by atoms with van der Waals surface area (Å²) in [6.07, 6.45) is 3.41. The van der Waals surface area contributed by atoms with E-state index < -0.39 is 0 Å². The van der Waals surface area contributed by atoms with Crippen LogP contribution in [0.2, 0.25) is 0 Å². The van der Waals surface area contributed by atoms with Crippen LogP contribution >= 0.6 is 0 Å². The average molecular weight is 222 g/mol. The number of rotatable bonds is 5. The Balaban J connectivity index is 2.96. The average Bonchev–Trinajstić information content (AvgIpc) is 2.24. The molecule has 5 nitrogen and oxygen atoms in total. The molecule has 0 amide bonds. The number of hydrogen-bond acceptors (Lipinski definition) is 5. The molecule has 0 atom stereocenters. The van der Waals surface area contributed by atoms with E-state index in [2.05, 4.69) is 20.8 Å². The predicted molar refractivity (Wildman–Crippen MR) is 64.7 cm³/mol. The van der Waals surface area contributed by atoms with Gasteiger partial charge in [0, 0.05) is 25.2 Å². The van der Waals surface area contributed by atoms with E-state index in [-0.39, 0.29) is 0 Å². The summed E-state index contributed by atoms with van der Waals surface area (Å²) in [7, 11) is 1.72. The summed E-state index contributed by atoms with van der Waals surface area (Å²) < 4.78 is 0. The van der Waals surface area contributed by atoms with Crippen LogP contribution in [0.5, 0.6) is 0 Å². The van der Waals surface area contributed by atoms with Crippen molar-refractivity contribution in [3.05, 3.63) is 23.3 Å². The number of nitrogens with zero attached hydrogens (tertiary/aromatic N) is 2. The van der Waals surface area contributed by atoms with Crippen molar-refractivity contribution in [2.45, 2.75) is 20.8 Å². The second-order valence-corrected chi connectivity index (χ2v) is 3.32. The molecule has 5 heteroatoms. The summed E-state index contributed by atoms with van der Waals surface area (Å²) in [6, 6.07) is 0. The lowest BCUT2D eigenvalue weighted by Crippen LogP contribution is -2.06. The maximum absolute atomic E-state index is 5.13. The number of aromatic nitrogens is 2. The minimum atomic E-state index is 0.756. The predicted octanol–water partition coefficient (Wildman–Crippen LogP) is 1.73. The van der Waals surface area contributed by atoms with Gasteiger partial charge >= 0.3 is 0 Å². The van der Waals surface area contributed by atoms with Crippen LogP contribution in [0.4, 0.5) is 5.82 Å². The van der Waals surface area contributed by atoms with Crippen LogP contribution < -0.4 is 10.8 Å². The molecule has 88 valence electrons. The Labute approximate surface area is 95.9 Å². The summed E-state index contributed by atoms with van der Waals surface area (Å²) >= 11 is 0. The first-order chi connectivity index (χ1) is 7.69. The van der Waals surface area contributed by atoms with Crippen molar-refractivity contribution in [1.82, 2.24) is 15.4 Å². The molecule has 0 aliphatic heterocycles. The lowest BCUT2D eigenvalue weighted by molar-refractivity contribution is 0.131. The molecule has 0 saturated carbocycles. The fraction of sp³-hybridized carbons (Fsp3) is 0.455. The summed E-state index contributed by atoms with van der Waals surface area (Å²) in [6.45, 7) is 6.72. The van der Waals surface area contributed by atoms with Gasteiger partial charge in [0.25, 0.3) is 0 Å². The molecule has 1 aromatic rings. The second-order valence-electron chi connectivity index (χ2n) is 3.32. The molecular weight excluding hydrogens is 204 g/mol. The number of hydroxylamine groups is 1. The Hall–Kier alpha value is -1.62. The molecule has 0 bridgehead atoms. The van der Waals surface area contributed by atoms with Gasteiger partial charge in [0.1, 0.15) is 17.9 Å². The monoisotopic (exact) mass is 222 g/mol. The van der Waals surface area contributed by atoms with Gasteiger partial charge in [0.2, 0.25) is 0 Å². The highest BCUT2D eigenvalue weighted by atomic mass is 16.6. The van der Waals surface area contributed by atoms with Gasteiger partial charge in [-0.25, -0.2) is 9.97 Å². The van der Waals surface area contributed by atoms with E-state index in [4.69, 9.17) is 4.84 Å². The number of anilines is 1. The van der Waals surface area contributed by atoms with Gasteiger partial charge in [-0.05, 0) is 20.8 Å². The van der Waals surface area contributed by atoms with Crippen LogP contribution in [0.25, 0.3) is 6.08 Å². The molecule has 0 radical (unpaired) electrons. The number of allylic oxidation sites excluding steroid dienone is 1. The lowest BCUT2D eigenvalue weighted by Gasteiger charge is -2.08. The standard InChI is InChI=1S/C11H18N4O/c1-5-13-11-9(3)10(14-7-15-11)6-8(2)16-12-4/h6-7,12H,5H2,1-4H3,(H,13,14,15)/b8-6+. The smallest absolute Gasteiger partial charge is 0.132 e. The fourth-order valence-electron chi connectivity index (χ4n) is 1.34. The van der Waals surface area contributed by atoms with Gasteiger partial charge in [0.15, 0.2) is 0 Å². The van der Waals surface area contributed by atoms with E-state index in [1.165, 1.54) is 0 Å². The van der Waals surface area contributed by atoms with E-state index in [0.717, 1.165) is 29.4 Å². The van der Waals surface area contributed by atoms with Gasteiger partial charge in [0.05, 0.1) is 5.69 Å². The first-order valence-corrected chi connectivity index (χ1v) is 5.26. The van der Waals surface area contributed by atoms with E-state index in [1.807, 2.05) is 26.8 Å². The zero-order valence-corrected chi connectivity index (χ0v) is 10.2. The first kappa shape index (κ1) is 12.4. The number of hydrogen-bond donors (Lipinski definition) is 2. The SMILES string of the molecule is CCNc1ncnc(/C=C(\C)ONC)c1C. The third-order valence-corrected chi connectivity index (χ3v) is 2.07.